The smallest absolute Gasteiger partial charge is 0.145 e. The lowest BCUT2D eigenvalue weighted by molar-refractivity contribution is -0.183. The minimum absolute atomic E-state index is 0.000193. The van der Waals surface area contributed by atoms with E-state index in [9.17, 15) is 30.3 Å². The number of ketones is 1. The van der Waals surface area contributed by atoms with Crippen LogP contribution in [0.1, 0.15) is 85.5 Å². The summed E-state index contributed by atoms with van der Waals surface area (Å²) < 4.78 is 0. The number of Topliss-reactive ketones (excluding diaryl/α,β-unsaturated/α-hetero) is 1. The van der Waals surface area contributed by atoms with E-state index in [-0.39, 0.29) is 36.6 Å². The van der Waals surface area contributed by atoms with Crippen molar-refractivity contribution in [3.8, 4) is 0 Å². The van der Waals surface area contributed by atoms with Gasteiger partial charge in [-0.15, -0.1) is 0 Å². The van der Waals surface area contributed by atoms with E-state index in [1.807, 2.05) is 0 Å². The summed E-state index contributed by atoms with van der Waals surface area (Å²) in [5.41, 5.74) is -1.40. The highest BCUT2D eigenvalue weighted by atomic mass is 16.3. The Bertz CT molecular complexity index is 667. The summed E-state index contributed by atoms with van der Waals surface area (Å²) in [7, 11) is 0. The number of carbonyl (C=O) groups excluding carboxylic acids is 1. The topological polar surface area (TPSA) is 118 Å². The molecule has 5 N–H and O–H groups in total. The molecule has 3 aliphatic rings. The Hall–Kier alpha value is -0.530. The van der Waals surface area contributed by atoms with Crippen LogP contribution in [0, 0.1) is 46.3 Å². The standard InChI is InChI=1S/C27H48O6/c1-16(2)6-5-7-17(3)19-8-9-20(26(19,4)10-11-28)18-12-22(30)21-13-23(31)24(32)14-27(21,15-29)25(18)33/h16-24,28-32H,5-15H2,1-4H3/t17?,18?,19-,20?,21+,22-,23?,24+,26-,27-/m1/s1. The van der Waals surface area contributed by atoms with Crippen molar-refractivity contribution in [1.29, 1.82) is 0 Å². The van der Waals surface area contributed by atoms with Crippen LogP contribution in [-0.2, 0) is 4.79 Å². The molecule has 192 valence electrons. The Morgan fingerprint density at radius 3 is 2.24 bits per heavy atom. The second-order valence-electron chi connectivity index (χ2n) is 12.3. The molecule has 3 aliphatic carbocycles. The van der Waals surface area contributed by atoms with Crippen molar-refractivity contribution in [1.82, 2.24) is 0 Å². The zero-order valence-electron chi connectivity index (χ0n) is 21.1. The van der Waals surface area contributed by atoms with Gasteiger partial charge < -0.3 is 25.5 Å². The maximum absolute atomic E-state index is 14.0. The Morgan fingerprint density at radius 2 is 1.64 bits per heavy atom. The highest BCUT2D eigenvalue weighted by Gasteiger charge is 2.62. The molecule has 0 heterocycles. The van der Waals surface area contributed by atoms with Crippen molar-refractivity contribution in [2.75, 3.05) is 13.2 Å². The van der Waals surface area contributed by atoms with Gasteiger partial charge in [0.2, 0.25) is 0 Å². The van der Waals surface area contributed by atoms with Crippen LogP contribution >= 0.6 is 0 Å². The fourth-order valence-corrected chi connectivity index (χ4v) is 8.17. The highest BCUT2D eigenvalue weighted by molar-refractivity contribution is 5.89. The minimum atomic E-state index is -1.19. The summed E-state index contributed by atoms with van der Waals surface area (Å²) in [5, 5.41) is 52.0. The van der Waals surface area contributed by atoms with Crippen LogP contribution in [0.5, 0.6) is 0 Å². The first-order chi connectivity index (χ1) is 15.5. The quantitative estimate of drug-likeness (QED) is 0.355. The molecule has 6 heteroatoms. The van der Waals surface area contributed by atoms with Crippen LogP contribution in [0.2, 0.25) is 0 Å². The molecule has 3 saturated carbocycles. The molecule has 0 aliphatic heterocycles. The van der Waals surface area contributed by atoms with Gasteiger partial charge in [-0.3, -0.25) is 4.79 Å². The molecule has 0 radical (unpaired) electrons. The first-order valence-electron chi connectivity index (χ1n) is 13.3. The summed E-state index contributed by atoms with van der Waals surface area (Å²) in [5.74, 6) is 0.668. The lowest BCUT2D eigenvalue weighted by Gasteiger charge is -2.54. The van der Waals surface area contributed by atoms with Crippen LogP contribution in [0.4, 0.5) is 0 Å². The average Bonchev–Trinajstić information content (AvgIpc) is 3.08. The molecule has 0 aromatic rings. The van der Waals surface area contributed by atoms with Crippen molar-refractivity contribution in [2.45, 2.75) is 104 Å². The van der Waals surface area contributed by atoms with Gasteiger partial charge in [0.25, 0.3) is 0 Å². The zero-order valence-corrected chi connectivity index (χ0v) is 21.1. The SMILES string of the molecule is CC(C)CCCC(C)[C@H]1CCC(C2C[C@@H](O)[C@@H]3CC(O)[C@@H](O)C[C@]3(CO)C2=O)[C@]1(C)CCO. The first kappa shape index (κ1) is 27.1. The predicted molar refractivity (Wildman–Crippen MR) is 127 cm³/mol. The molecule has 0 aromatic heterocycles. The Kier molecular flexibility index (Phi) is 8.70. The van der Waals surface area contributed by atoms with E-state index in [2.05, 4.69) is 27.7 Å². The average molecular weight is 469 g/mol. The summed E-state index contributed by atoms with van der Waals surface area (Å²) in [6.45, 7) is 8.69. The molecule has 3 fully saturated rings. The summed E-state index contributed by atoms with van der Waals surface area (Å²) in [4.78, 5) is 14.0. The Morgan fingerprint density at radius 1 is 0.939 bits per heavy atom. The van der Waals surface area contributed by atoms with Crippen molar-refractivity contribution in [2.24, 2.45) is 46.3 Å². The lowest BCUT2D eigenvalue weighted by atomic mass is 9.50. The van der Waals surface area contributed by atoms with Crippen molar-refractivity contribution < 1.29 is 30.3 Å². The molecule has 0 saturated heterocycles. The molecule has 0 bridgehead atoms. The molecule has 0 spiro atoms. The fraction of sp³-hybridized carbons (Fsp3) is 0.963. The second kappa shape index (κ2) is 10.6. The Balaban J connectivity index is 1.86. The van der Waals surface area contributed by atoms with Gasteiger partial charge >= 0.3 is 0 Å². The third-order valence-corrected chi connectivity index (χ3v) is 10.0. The van der Waals surface area contributed by atoms with E-state index in [0.717, 1.165) is 19.3 Å². The van der Waals surface area contributed by atoms with Gasteiger partial charge in [0, 0.05) is 18.4 Å². The maximum Gasteiger partial charge on any atom is 0.145 e. The van der Waals surface area contributed by atoms with Gasteiger partial charge in [-0.1, -0.05) is 47.0 Å². The number of aliphatic hydroxyl groups is 5. The van der Waals surface area contributed by atoms with Gasteiger partial charge in [-0.05, 0) is 67.6 Å². The molecule has 3 rings (SSSR count). The summed E-state index contributed by atoms with van der Waals surface area (Å²) >= 11 is 0. The molecule has 10 atom stereocenters. The van der Waals surface area contributed by atoms with Gasteiger partial charge in [0.1, 0.15) is 5.78 Å². The van der Waals surface area contributed by atoms with E-state index >= 15 is 0 Å². The first-order valence-corrected chi connectivity index (χ1v) is 13.3. The van der Waals surface area contributed by atoms with Gasteiger partial charge in [-0.2, -0.15) is 0 Å². The molecular formula is C27H48O6. The fourth-order valence-electron chi connectivity index (χ4n) is 8.17. The number of fused-ring (bicyclic) bond motifs is 1. The molecule has 4 unspecified atom stereocenters. The Labute approximate surface area is 199 Å². The number of hydrogen-bond donors (Lipinski definition) is 5. The zero-order chi connectivity index (χ0) is 24.6. The third-order valence-electron chi connectivity index (χ3n) is 10.0. The number of hydrogen-bond acceptors (Lipinski definition) is 6. The number of aliphatic hydroxyl groups excluding tert-OH is 5. The maximum atomic E-state index is 14.0. The van der Waals surface area contributed by atoms with Gasteiger partial charge in [-0.25, -0.2) is 0 Å². The van der Waals surface area contributed by atoms with Crippen molar-refractivity contribution in [3.63, 3.8) is 0 Å². The van der Waals surface area contributed by atoms with E-state index in [0.29, 0.717) is 30.6 Å². The monoisotopic (exact) mass is 468 g/mol. The number of rotatable bonds is 9. The van der Waals surface area contributed by atoms with Crippen LogP contribution < -0.4 is 0 Å². The molecule has 33 heavy (non-hydrogen) atoms. The summed E-state index contributed by atoms with van der Waals surface area (Å²) in [6, 6.07) is 0. The van der Waals surface area contributed by atoms with E-state index in [1.165, 1.54) is 12.8 Å². The highest BCUT2D eigenvalue weighted by Crippen LogP contribution is 2.60. The van der Waals surface area contributed by atoms with Gasteiger partial charge in [0.05, 0.1) is 30.3 Å². The predicted octanol–water partition coefficient (Wildman–Crippen LogP) is 2.92. The van der Waals surface area contributed by atoms with Crippen LogP contribution in [0.3, 0.4) is 0 Å². The second-order valence-corrected chi connectivity index (χ2v) is 12.3. The molecule has 0 amide bonds. The van der Waals surface area contributed by atoms with Crippen molar-refractivity contribution >= 4 is 5.78 Å². The van der Waals surface area contributed by atoms with E-state index in [4.69, 9.17) is 0 Å². The summed E-state index contributed by atoms with van der Waals surface area (Å²) in [6.07, 6.45) is 3.72. The van der Waals surface area contributed by atoms with Crippen LogP contribution in [-0.4, -0.2) is 62.8 Å². The normalized spacial score (nSPS) is 44.8. The van der Waals surface area contributed by atoms with Gasteiger partial charge in [0.15, 0.2) is 0 Å². The largest absolute Gasteiger partial charge is 0.396 e. The van der Waals surface area contributed by atoms with Crippen molar-refractivity contribution in [3.05, 3.63) is 0 Å². The van der Waals surface area contributed by atoms with Crippen LogP contribution in [0.15, 0.2) is 0 Å². The minimum Gasteiger partial charge on any atom is -0.396 e. The van der Waals surface area contributed by atoms with E-state index < -0.39 is 42.2 Å². The molecule has 0 aromatic carbocycles. The third kappa shape index (κ3) is 4.93. The molecular weight excluding hydrogens is 420 g/mol. The molecule has 6 nitrogen and oxygen atoms in total. The number of carbonyl (C=O) groups is 1. The van der Waals surface area contributed by atoms with E-state index in [1.54, 1.807) is 0 Å². The lowest BCUT2D eigenvalue weighted by Crippen LogP contribution is -2.62. The van der Waals surface area contributed by atoms with Crippen LogP contribution in [0.25, 0.3) is 0 Å².